The lowest BCUT2D eigenvalue weighted by atomic mass is 10.1. The third kappa shape index (κ3) is 3.57. The fourth-order valence-corrected chi connectivity index (χ4v) is 1.79. The van der Waals surface area contributed by atoms with Crippen molar-refractivity contribution in [1.82, 2.24) is 20.1 Å². The summed E-state index contributed by atoms with van der Waals surface area (Å²) in [5, 5.41) is 7.28. The van der Waals surface area contributed by atoms with E-state index in [-0.39, 0.29) is 6.04 Å². The molecule has 1 aromatic carbocycles. The van der Waals surface area contributed by atoms with Crippen molar-refractivity contribution in [2.45, 2.75) is 25.7 Å². The van der Waals surface area contributed by atoms with E-state index in [1.54, 1.807) is 18.1 Å². The second-order valence-corrected chi connectivity index (χ2v) is 4.56. The Morgan fingerprint density at radius 2 is 1.90 bits per heavy atom. The van der Waals surface area contributed by atoms with E-state index < -0.39 is 11.7 Å². The molecule has 0 aliphatic rings. The Labute approximate surface area is 114 Å². The largest absolute Gasteiger partial charge is 0.416 e. The van der Waals surface area contributed by atoms with Crippen LogP contribution < -0.4 is 5.32 Å². The Morgan fingerprint density at radius 3 is 2.40 bits per heavy atom. The Kier molecular flexibility index (Phi) is 4.08. The average molecular weight is 284 g/mol. The van der Waals surface area contributed by atoms with Crippen LogP contribution in [0.15, 0.2) is 30.6 Å². The van der Waals surface area contributed by atoms with Crippen LogP contribution in [0.25, 0.3) is 0 Å². The van der Waals surface area contributed by atoms with E-state index in [0.29, 0.717) is 12.4 Å². The molecule has 4 nitrogen and oxygen atoms in total. The summed E-state index contributed by atoms with van der Waals surface area (Å²) >= 11 is 0. The van der Waals surface area contributed by atoms with Crippen molar-refractivity contribution in [3.05, 3.63) is 47.5 Å². The fourth-order valence-electron chi connectivity index (χ4n) is 1.79. The Bertz CT molecular complexity index is 560. The van der Waals surface area contributed by atoms with Gasteiger partial charge in [-0.25, -0.2) is 4.98 Å². The van der Waals surface area contributed by atoms with E-state index >= 15 is 0 Å². The van der Waals surface area contributed by atoms with Gasteiger partial charge in [0.15, 0.2) is 5.82 Å². The highest BCUT2D eigenvalue weighted by Gasteiger charge is 2.30. The van der Waals surface area contributed by atoms with Gasteiger partial charge in [-0.2, -0.15) is 18.3 Å². The first-order chi connectivity index (χ1) is 9.36. The Balaban J connectivity index is 1.97. The molecule has 2 rings (SSSR count). The van der Waals surface area contributed by atoms with Crippen LogP contribution in [0.5, 0.6) is 0 Å². The van der Waals surface area contributed by atoms with E-state index in [1.807, 2.05) is 6.92 Å². The summed E-state index contributed by atoms with van der Waals surface area (Å²) < 4.78 is 39.0. The predicted molar refractivity (Wildman–Crippen MR) is 67.7 cm³/mol. The smallest absolute Gasteiger partial charge is 0.303 e. The third-order valence-corrected chi connectivity index (χ3v) is 2.95. The molecule has 0 saturated carbocycles. The van der Waals surface area contributed by atoms with Gasteiger partial charge in [0.1, 0.15) is 6.33 Å². The van der Waals surface area contributed by atoms with Gasteiger partial charge in [0, 0.05) is 13.1 Å². The molecule has 0 aliphatic heterocycles. The molecule has 1 aromatic heterocycles. The maximum absolute atomic E-state index is 12.5. The summed E-state index contributed by atoms with van der Waals surface area (Å²) in [7, 11) is 1.77. The molecule has 0 aliphatic carbocycles. The molecule has 0 fully saturated rings. The highest BCUT2D eigenvalue weighted by atomic mass is 19.4. The number of halogens is 3. The van der Waals surface area contributed by atoms with E-state index in [4.69, 9.17) is 0 Å². The van der Waals surface area contributed by atoms with Crippen molar-refractivity contribution in [2.75, 3.05) is 0 Å². The maximum atomic E-state index is 12.5. The van der Waals surface area contributed by atoms with Crippen LogP contribution in [0.3, 0.4) is 0 Å². The number of nitrogens with one attached hydrogen (secondary N) is 1. The van der Waals surface area contributed by atoms with Crippen LogP contribution in [-0.4, -0.2) is 14.8 Å². The molecule has 7 heteroatoms. The lowest BCUT2D eigenvalue weighted by Gasteiger charge is -2.14. The molecule has 0 amide bonds. The summed E-state index contributed by atoms with van der Waals surface area (Å²) in [6.07, 6.45) is -2.70. The molecule has 2 aromatic rings. The summed E-state index contributed by atoms with van der Waals surface area (Å²) in [4.78, 5) is 4.07. The van der Waals surface area contributed by atoms with Gasteiger partial charge < -0.3 is 5.32 Å². The van der Waals surface area contributed by atoms with Crippen molar-refractivity contribution in [3.8, 4) is 0 Å². The van der Waals surface area contributed by atoms with Crippen LogP contribution in [0.1, 0.15) is 29.9 Å². The molecule has 0 bridgehead atoms. The molecule has 1 unspecified atom stereocenters. The average Bonchev–Trinajstić information content (AvgIpc) is 2.81. The second kappa shape index (κ2) is 5.62. The number of hydrogen-bond acceptors (Lipinski definition) is 3. The van der Waals surface area contributed by atoms with Gasteiger partial charge in [-0.05, 0) is 24.6 Å². The number of rotatable bonds is 4. The zero-order valence-electron chi connectivity index (χ0n) is 11.1. The first-order valence-electron chi connectivity index (χ1n) is 6.11. The minimum Gasteiger partial charge on any atom is -0.303 e. The fraction of sp³-hybridized carbons (Fsp3) is 0.385. The van der Waals surface area contributed by atoms with Gasteiger partial charge in [0.25, 0.3) is 0 Å². The molecule has 1 N–H and O–H groups in total. The number of benzene rings is 1. The minimum absolute atomic E-state index is 0.0823. The van der Waals surface area contributed by atoms with Gasteiger partial charge in [-0.1, -0.05) is 12.1 Å². The Hall–Kier alpha value is -1.89. The second-order valence-electron chi connectivity index (χ2n) is 4.56. The van der Waals surface area contributed by atoms with Crippen LogP contribution in [0.2, 0.25) is 0 Å². The first kappa shape index (κ1) is 14.5. The summed E-state index contributed by atoms with van der Waals surface area (Å²) in [6.45, 7) is 2.34. The molecule has 0 spiro atoms. The Morgan fingerprint density at radius 1 is 1.25 bits per heavy atom. The van der Waals surface area contributed by atoms with Crippen molar-refractivity contribution in [3.63, 3.8) is 0 Å². The number of aryl methyl sites for hydroxylation is 1. The lowest BCUT2D eigenvalue weighted by molar-refractivity contribution is -0.137. The minimum atomic E-state index is -4.30. The van der Waals surface area contributed by atoms with Crippen molar-refractivity contribution in [2.24, 2.45) is 7.05 Å². The standard InChI is InChI=1S/C13H15F3N4/c1-9(17-7-12-18-8-20(2)19-12)10-3-5-11(6-4-10)13(14,15)16/h3-6,8-9,17H,7H2,1-2H3. The topological polar surface area (TPSA) is 42.7 Å². The summed E-state index contributed by atoms with van der Waals surface area (Å²) in [6, 6.07) is 5.05. The maximum Gasteiger partial charge on any atom is 0.416 e. The monoisotopic (exact) mass is 284 g/mol. The number of alkyl halides is 3. The van der Waals surface area contributed by atoms with Crippen molar-refractivity contribution < 1.29 is 13.2 Å². The molecule has 1 heterocycles. The third-order valence-electron chi connectivity index (χ3n) is 2.95. The van der Waals surface area contributed by atoms with E-state index in [1.165, 1.54) is 12.1 Å². The van der Waals surface area contributed by atoms with Crippen molar-refractivity contribution >= 4 is 0 Å². The lowest BCUT2D eigenvalue weighted by Crippen LogP contribution is -2.19. The zero-order valence-corrected chi connectivity index (χ0v) is 11.1. The number of aromatic nitrogens is 3. The SMILES string of the molecule is CC(NCc1ncn(C)n1)c1ccc(C(F)(F)F)cc1. The van der Waals surface area contributed by atoms with Crippen LogP contribution in [0, 0.1) is 0 Å². The highest BCUT2D eigenvalue weighted by Crippen LogP contribution is 2.29. The van der Waals surface area contributed by atoms with E-state index in [2.05, 4.69) is 15.4 Å². The molecule has 108 valence electrons. The van der Waals surface area contributed by atoms with Crippen LogP contribution >= 0.6 is 0 Å². The van der Waals surface area contributed by atoms with Gasteiger partial charge in [0.2, 0.25) is 0 Å². The predicted octanol–water partition coefficient (Wildman–Crippen LogP) is 2.68. The van der Waals surface area contributed by atoms with Gasteiger partial charge in [-0.15, -0.1) is 0 Å². The molecular formula is C13H15F3N4. The first-order valence-corrected chi connectivity index (χ1v) is 6.11. The van der Waals surface area contributed by atoms with E-state index in [0.717, 1.165) is 17.7 Å². The normalized spacial score (nSPS) is 13.4. The van der Waals surface area contributed by atoms with Crippen molar-refractivity contribution in [1.29, 1.82) is 0 Å². The van der Waals surface area contributed by atoms with E-state index in [9.17, 15) is 13.2 Å². The van der Waals surface area contributed by atoms with Crippen LogP contribution in [-0.2, 0) is 19.8 Å². The molecule has 0 radical (unpaired) electrons. The quantitative estimate of drug-likeness (QED) is 0.938. The van der Waals surface area contributed by atoms with Gasteiger partial charge >= 0.3 is 6.18 Å². The number of nitrogens with zero attached hydrogens (tertiary/aromatic N) is 3. The van der Waals surface area contributed by atoms with Gasteiger partial charge in [-0.3, -0.25) is 4.68 Å². The zero-order chi connectivity index (χ0) is 14.8. The van der Waals surface area contributed by atoms with Gasteiger partial charge in [0.05, 0.1) is 12.1 Å². The summed E-state index contributed by atoms with van der Waals surface area (Å²) in [5.74, 6) is 0.645. The molecule has 0 saturated heterocycles. The highest BCUT2D eigenvalue weighted by molar-refractivity contribution is 5.26. The molecular weight excluding hydrogens is 269 g/mol. The number of hydrogen-bond donors (Lipinski definition) is 1. The van der Waals surface area contributed by atoms with Crippen LogP contribution in [0.4, 0.5) is 13.2 Å². The summed E-state index contributed by atoms with van der Waals surface area (Å²) in [5.41, 5.74) is 0.147. The molecule has 1 atom stereocenters. The molecule has 20 heavy (non-hydrogen) atoms.